The second-order valence-electron chi connectivity index (χ2n) is 15.7. The summed E-state index contributed by atoms with van der Waals surface area (Å²) < 4.78 is 108. The van der Waals surface area contributed by atoms with Crippen molar-refractivity contribution < 1.29 is 43.3 Å². The molecular weight excluding hydrogens is 753 g/mol. The summed E-state index contributed by atoms with van der Waals surface area (Å²) in [6.07, 6.45) is 8.41. The van der Waals surface area contributed by atoms with Crippen molar-refractivity contribution in [3.63, 3.8) is 0 Å². The standard InChI is InChI=1S/C39H54N2O10S3/c1-8-40(21-11-23-52(42,43)44)29-16-18-32-33(38(4,5)6)26-30(51-36(32)25-29)14-9-15-37-39(7,20-10-13-28(2)3)34-27-31(54(48,49)50)17-19-35(34)41(37)22-12-24-53(45,46)47/h9,14-19,25-28H,8,10-13,20-24H2,1-7H3,(H2-,42,43,44,45,46,47,48,49,50)/p+1. The highest BCUT2D eigenvalue weighted by Gasteiger charge is 2.43. The molecule has 0 spiro atoms. The summed E-state index contributed by atoms with van der Waals surface area (Å²) in [5.74, 6) is 0.863. The molecule has 0 amide bonds. The third-order valence-corrected chi connectivity index (χ3v) is 12.4. The Morgan fingerprint density at radius 3 is 2.17 bits per heavy atom. The zero-order valence-corrected chi connectivity index (χ0v) is 34.7. The fraction of sp³-hybridized carbons (Fsp3) is 0.513. The molecule has 1 aliphatic carbocycles. The minimum absolute atomic E-state index is 0.114. The van der Waals surface area contributed by atoms with E-state index in [1.807, 2.05) is 65.8 Å². The van der Waals surface area contributed by atoms with Crippen molar-refractivity contribution in [1.29, 1.82) is 0 Å². The van der Waals surface area contributed by atoms with Gasteiger partial charge in [0, 0.05) is 41.4 Å². The number of hydrogen-bond acceptors (Lipinski definition) is 8. The number of nitrogens with zero attached hydrogens (tertiary/aromatic N) is 2. The van der Waals surface area contributed by atoms with Gasteiger partial charge in [-0.25, -0.2) is 4.58 Å². The zero-order chi connectivity index (χ0) is 40.3. The lowest BCUT2D eigenvalue weighted by molar-refractivity contribution is 0.446. The van der Waals surface area contributed by atoms with E-state index < -0.39 is 41.5 Å². The van der Waals surface area contributed by atoms with E-state index in [0.29, 0.717) is 48.2 Å². The first-order chi connectivity index (χ1) is 24.9. The number of allylic oxidation sites excluding steroid dienone is 3. The van der Waals surface area contributed by atoms with E-state index in [9.17, 15) is 38.9 Å². The van der Waals surface area contributed by atoms with Crippen LogP contribution in [0.3, 0.4) is 0 Å². The molecule has 0 fully saturated rings. The smallest absolute Gasteiger partial charge is 0.294 e. The minimum atomic E-state index is -4.50. The maximum absolute atomic E-state index is 12.2. The van der Waals surface area contributed by atoms with Gasteiger partial charge in [0.25, 0.3) is 30.4 Å². The molecule has 1 atom stereocenters. The SMILES string of the molecule is CC[N+](CCCS(=O)(=O)O)=c1ccc2c(C(C)(C)C)cc(/C=C/C=C3\N(CCCS(=O)(=O)O)c4ccc(S(=O)(=O)O)cc4C3(C)CCCC(C)C)oc-2c1. The number of hydrogen-bond donors (Lipinski definition) is 3. The van der Waals surface area contributed by atoms with Crippen LogP contribution in [-0.2, 0) is 41.2 Å². The lowest BCUT2D eigenvalue weighted by Gasteiger charge is -2.31. The maximum Gasteiger partial charge on any atom is 0.294 e. The zero-order valence-electron chi connectivity index (χ0n) is 32.2. The summed E-state index contributed by atoms with van der Waals surface area (Å²) in [4.78, 5) is 1.73. The van der Waals surface area contributed by atoms with E-state index in [0.717, 1.165) is 35.0 Å². The van der Waals surface area contributed by atoms with Crippen LogP contribution in [0.1, 0.15) is 97.5 Å². The van der Waals surface area contributed by atoms with Crippen molar-refractivity contribution in [3.8, 4) is 11.3 Å². The van der Waals surface area contributed by atoms with Crippen LogP contribution in [0.5, 0.6) is 0 Å². The number of fused-ring (bicyclic) bond motifs is 2. The summed E-state index contributed by atoms with van der Waals surface area (Å²) >= 11 is 0. The van der Waals surface area contributed by atoms with Crippen molar-refractivity contribution in [2.75, 3.05) is 36.0 Å². The second-order valence-corrected chi connectivity index (χ2v) is 20.3. The van der Waals surface area contributed by atoms with E-state index in [4.69, 9.17) is 4.42 Å². The van der Waals surface area contributed by atoms with Gasteiger partial charge in [0.2, 0.25) is 5.36 Å². The lowest BCUT2D eigenvalue weighted by atomic mass is 9.76. The molecular formula is C39H55N2O10S3+. The topological polar surface area (TPSA) is 182 Å². The number of anilines is 1. The highest BCUT2D eigenvalue weighted by atomic mass is 32.2. The Hall–Kier alpha value is -3.34. The van der Waals surface area contributed by atoms with Crippen molar-refractivity contribution in [2.45, 2.75) is 96.3 Å². The monoisotopic (exact) mass is 807 g/mol. The van der Waals surface area contributed by atoms with Gasteiger partial charge in [-0.1, -0.05) is 53.5 Å². The molecule has 54 heavy (non-hydrogen) atoms. The third kappa shape index (κ3) is 11.1. The molecule has 0 saturated carbocycles. The van der Waals surface area contributed by atoms with Gasteiger partial charge in [0.15, 0.2) is 0 Å². The maximum atomic E-state index is 12.2. The molecule has 3 N–H and O–H groups in total. The average molecular weight is 808 g/mol. The van der Waals surface area contributed by atoms with Gasteiger partial charge in [-0.3, -0.25) is 13.7 Å². The Bertz CT molecular complexity index is 2270. The molecule has 1 aromatic carbocycles. The normalized spacial score (nSPS) is 18.4. The van der Waals surface area contributed by atoms with Gasteiger partial charge < -0.3 is 9.32 Å². The van der Waals surface area contributed by atoms with Crippen molar-refractivity contribution in [2.24, 2.45) is 5.92 Å². The molecule has 3 aliphatic rings. The van der Waals surface area contributed by atoms with Crippen LogP contribution < -0.4 is 14.8 Å². The molecule has 1 aromatic rings. The van der Waals surface area contributed by atoms with E-state index in [2.05, 4.69) is 34.6 Å². The van der Waals surface area contributed by atoms with Gasteiger partial charge in [-0.05, 0) is 91.6 Å². The van der Waals surface area contributed by atoms with Gasteiger partial charge in [0.1, 0.15) is 24.6 Å². The van der Waals surface area contributed by atoms with Crippen LogP contribution in [0.15, 0.2) is 69.6 Å². The van der Waals surface area contributed by atoms with Gasteiger partial charge in [-0.2, -0.15) is 25.3 Å². The summed E-state index contributed by atoms with van der Waals surface area (Å²) in [7, 11) is -12.8. The van der Waals surface area contributed by atoms with Crippen LogP contribution in [-0.4, -0.2) is 70.1 Å². The lowest BCUT2D eigenvalue weighted by Crippen LogP contribution is -2.31. The minimum Gasteiger partial charge on any atom is -0.456 e. The van der Waals surface area contributed by atoms with E-state index in [1.54, 1.807) is 6.07 Å². The molecule has 4 rings (SSSR count). The van der Waals surface area contributed by atoms with Crippen molar-refractivity contribution in [3.05, 3.63) is 82.6 Å². The van der Waals surface area contributed by atoms with Crippen LogP contribution in [0.4, 0.5) is 5.69 Å². The summed E-state index contributed by atoms with van der Waals surface area (Å²) in [5, 5.41) is 0.845. The summed E-state index contributed by atoms with van der Waals surface area (Å²) in [6, 6.07) is 12.4. The largest absolute Gasteiger partial charge is 0.456 e. The molecule has 12 nitrogen and oxygen atoms in total. The molecule has 2 heterocycles. The molecule has 0 bridgehead atoms. The molecule has 0 radical (unpaired) electrons. The highest BCUT2D eigenvalue weighted by molar-refractivity contribution is 7.86. The number of benzene rings is 2. The number of rotatable bonds is 16. The first kappa shape index (κ1) is 43.4. The van der Waals surface area contributed by atoms with E-state index in [-0.39, 0.29) is 35.4 Å². The Labute approximate surface area is 320 Å². The van der Waals surface area contributed by atoms with Crippen LogP contribution in [0.25, 0.3) is 17.4 Å². The highest BCUT2D eigenvalue weighted by Crippen LogP contribution is 2.51. The second kappa shape index (κ2) is 16.8. The predicted octanol–water partition coefficient (Wildman–Crippen LogP) is 6.78. The van der Waals surface area contributed by atoms with Crippen molar-refractivity contribution in [1.82, 2.24) is 4.58 Å². The van der Waals surface area contributed by atoms with Gasteiger partial charge >= 0.3 is 0 Å². The Kier molecular flexibility index (Phi) is 13.5. The molecule has 15 heteroatoms. The average Bonchev–Trinajstić information content (AvgIpc) is 3.26. The molecule has 1 unspecified atom stereocenters. The third-order valence-electron chi connectivity index (χ3n) is 9.92. The Balaban J connectivity index is 1.86. The Morgan fingerprint density at radius 1 is 0.907 bits per heavy atom. The van der Waals surface area contributed by atoms with Crippen LogP contribution in [0.2, 0.25) is 0 Å². The van der Waals surface area contributed by atoms with E-state index >= 15 is 0 Å². The summed E-state index contributed by atoms with van der Waals surface area (Å²) in [6.45, 7) is 15.9. The fourth-order valence-electron chi connectivity index (χ4n) is 7.20. The quantitative estimate of drug-likeness (QED) is 0.103. The first-order valence-corrected chi connectivity index (χ1v) is 22.9. The molecule has 2 aliphatic heterocycles. The van der Waals surface area contributed by atoms with Crippen LogP contribution in [0, 0.1) is 5.92 Å². The van der Waals surface area contributed by atoms with E-state index in [1.165, 1.54) is 12.1 Å². The van der Waals surface area contributed by atoms with Crippen LogP contribution >= 0.6 is 0 Å². The predicted molar refractivity (Wildman–Crippen MR) is 214 cm³/mol. The van der Waals surface area contributed by atoms with Crippen molar-refractivity contribution >= 4 is 42.1 Å². The molecule has 298 valence electrons. The first-order valence-electron chi connectivity index (χ1n) is 18.3. The Morgan fingerprint density at radius 2 is 1.57 bits per heavy atom. The molecule has 0 saturated heterocycles. The summed E-state index contributed by atoms with van der Waals surface area (Å²) in [5.41, 5.74) is 3.21. The fourth-order valence-corrected chi connectivity index (χ4v) is 8.70. The van der Waals surface area contributed by atoms with Gasteiger partial charge in [0.05, 0.1) is 22.5 Å². The molecule has 0 aromatic heterocycles. The van der Waals surface area contributed by atoms with Gasteiger partial charge in [-0.15, -0.1) is 0 Å².